The number of para-hydroxylation sites is 1. The second-order valence-electron chi connectivity index (χ2n) is 10.6. The molecular weight excluding hydrogens is 552 g/mol. The Bertz CT molecular complexity index is 1750. The SMILES string of the molecule is Cc1oc(-c2ccccc2)nc1C#CCOc1ccc([C@H]2CC[C@H](C(=O)O)N2Cc2ccc(Oc3ccccc3)cc2)cc1. The highest BCUT2D eigenvalue weighted by Crippen LogP contribution is 2.38. The van der Waals surface area contributed by atoms with Crippen LogP contribution in [0.4, 0.5) is 0 Å². The Morgan fingerprint density at radius 3 is 2.25 bits per heavy atom. The predicted octanol–water partition coefficient (Wildman–Crippen LogP) is 7.66. The molecule has 0 spiro atoms. The van der Waals surface area contributed by atoms with Crippen LogP contribution in [0.5, 0.6) is 17.2 Å². The molecule has 1 saturated heterocycles. The largest absolute Gasteiger partial charge is 0.481 e. The quantitative estimate of drug-likeness (QED) is 0.178. The third-order valence-electron chi connectivity index (χ3n) is 7.67. The second kappa shape index (κ2) is 13.3. The molecule has 7 nitrogen and oxygen atoms in total. The summed E-state index contributed by atoms with van der Waals surface area (Å²) in [6, 6.07) is 34.4. The summed E-state index contributed by atoms with van der Waals surface area (Å²) in [6.07, 6.45) is 1.36. The molecule has 5 aromatic rings. The van der Waals surface area contributed by atoms with Crippen LogP contribution >= 0.6 is 0 Å². The number of oxazole rings is 1. The monoisotopic (exact) mass is 584 g/mol. The van der Waals surface area contributed by atoms with Gasteiger partial charge in [-0.2, -0.15) is 0 Å². The molecule has 0 bridgehead atoms. The Labute approximate surface area is 256 Å². The van der Waals surface area contributed by atoms with Gasteiger partial charge in [-0.05, 0) is 85.3 Å². The Kier molecular flexibility index (Phi) is 8.72. The zero-order valence-electron chi connectivity index (χ0n) is 24.4. The minimum Gasteiger partial charge on any atom is -0.481 e. The molecule has 0 unspecified atom stereocenters. The summed E-state index contributed by atoms with van der Waals surface area (Å²) in [5, 5.41) is 9.95. The Balaban J connectivity index is 1.08. The van der Waals surface area contributed by atoms with Gasteiger partial charge in [0.05, 0.1) is 0 Å². The summed E-state index contributed by atoms with van der Waals surface area (Å²) in [7, 11) is 0. The van der Waals surface area contributed by atoms with Gasteiger partial charge in [0.2, 0.25) is 5.89 Å². The molecule has 1 aromatic heterocycles. The molecule has 1 aliphatic rings. The van der Waals surface area contributed by atoms with Crippen LogP contribution in [0.3, 0.4) is 0 Å². The van der Waals surface area contributed by atoms with Gasteiger partial charge in [-0.25, -0.2) is 4.98 Å². The molecule has 2 atom stereocenters. The average molecular weight is 585 g/mol. The van der Waals surface area contributed by atoms with Crippen LogP contribution in [0, 0.1) is 18.8 Å². The molecule has 0 amide bonds. The van der Waals surface area contributed by atoms with E-state index in [1.165, 1.54) is 0 Å². The van der Waals surface area contributed by atoms with E-state index in [4.69, 9.17) is 13.9 Å². The lowest BCUT2D eigenvalue weighted by Crippen LogP contribution is -2.36. The van der Waals surface area contributed by atoms with Gasteiger partial charge >= 0.3 is 5.97 Å². The van der Waals surface area contributed by atoms with Crippen LogP contribution in [0.1, 0.15) is 41.5 Å². The molecule has 44 heavy (non-hydrogen) atoms. The van der Waals surface area contributed by atoms with Crippen molar-refractivity contribution in [2.45, 2.75) is 38.4 Å². The summed E-state index contributed by atoms with van der Waals surface area (Å²) < 4.78 is 17.5. The Hall–Kier alpha value is -5.32. The van der Waals surface area contributed by atoms with Gasteiger partial charge in [0.15, 0.2) is 5.69 Å². The van der Waals surface area contributed by atoms with E-state index in [1.54, 1.807) is 0 Å². The number of likely N-dealkylation sites (tertiary alicyclic amines) is 1. The van der Waals surface area contributed by atoms with E-state index in [0.717, 1.165) is 34.6 Å². The number of aliphatic carboxylic acids is 1. The van der Waals surface area contributed by atoms with E-state index >= 15 is 0 Å². The summed E-state index contributed by atoms with van der Waals surface area (Å²) in [6.45, 7) is 2.57. The van der Waals surface area contributed by atoms with Crippen LogP contribution in [-0.2, 0) is 11.3 Å². The van der Waals surface area contributed by atoms with Crippen LogP contribution in [0.15, 0.2) is 114 Å². The van der Waals surface area contributed by atoms with E-state index in [0.29, 0.717) is 36.1 Å². The highest BCUT2D eigenvalue weighted by atomic mass is 16.5. The fourth-order valence-corrected chi connectivity index (χ4v) is 5.45. The van der Waals surface area contributed by atoms with Crippen molar-refractivity contribution in [3.63, 3.8) is 0 Å². The van der Waals surface area contributed by atoms with E-state index < -0.39 is 12.0 Å². The second-order valence-corrected chi connectivity index (χ2v) is 10.6. The molecule has 0 saturated carbocycles. The zero-order chi connectivity index (χ0) is 30.3. The fourth-order valence-electron chi connectivity index (χ4n) is 5.45. The number of aryl methyl sites for hydroxylation is 1. The zero-order valence-corrected chi connectivity index (χ0v) is 24.4. The maximum absolute atomic E-state index is 12.1. The van der Waals surface area contributed by atoms with Crippen molar-refractivity contribution in [1.82, 2.24) is 9.88 Å². The van der Waals surface area contributed by atoms with Gasteiger partial charge in [0.1, 0.15) is 35.7 Å². The summed E-state index contributed by atoms with van der Waals surface area (Å²) in [5.74, 6) is 8.67. The first-order valence-corrected chi connectivity index (χ1v) is 14.6. The number of carboxylic acid groups (broad SMARTS) is 1. The maximum atomic E-state index is 12.1. The van der Waals surface area contributed by atoms with Crippen molar-refractivity contribution in [3.05, 3.63) is 132 Å². The number of benzene rings is 4. The van der Waals surface area contributed by atoms with E-state index in [9.17, 15) is 9.90 Å². The molecule has 0 aliphatic carbocycles. The molecule has 1 aliphatic heterocycles. The number of carbonyl (C=O) groups is 1. The molecule has 1 fully saturated rings. The standard InChI is InChI=1S/C37H32N2O5/c1-26-33(38-36(43-26)29-9-4-2-5-10-29)13-8-24-42-30-20-16-28(17-21-30)34-22-23-35(37(40)41)39(34)25-27-14-18-32(19-15-27)44-31-11-6-3-7-12-31/h2-7,9-12,14-21,34-35H,22-25H2,1H3,(H,40,41)/t34-,35-/m1/s1. The number of carboxylic acids is 1. The van der Waals surface area contributed by atoms with Gasteiger partial charge in [-0.1, -0.05) is 66.6 Å². The molecule has 0 radical (unpaired) electrons. The number of nitrogens with zero attached hydrogens (tertiary/aromatic N) is 2. The van der Waals surface area contributed by atoms with Crippen LogP contribution in [-0.4, -0.2) is 33.6 Å². The van der Waals surface area contributed by atoms with E-state index in [2.05, 4.69) is 21.7 Å². The number of hydrogen-bond acceptors (Lipinski definition) is 6. The lowest BCUT2D eigenvalue weighted by molar-refractivity contribution is -0.142. The number of hydrogen-bond donors (Lipinski definition) is 1. The first-order chi connectivity index (χ1) is 21.5. The average Bonchev–Trinajstić information content (AvgIpc) is 3.65. The van der Waals surface area contributed by atoms with Crippen molar-refractivity contribution < 1.29 is 23.8 Å². The topological polar surface area (TPSA) is 85.0 Å². The highest BCUT2D eigenvalue weighted by Gasteiger charge is 2.38. The first kappa shape index (κ1) is 28.8. The van der Waals surface area contributed by atoms with Crippen molar-refractivity contribution in [2.24, 2.45) is 0 Å². The minimum absolute atomic E-state index is 0.0147. The minimum atomic E-state index is -0.798. The molecule has 7 heteroatoms. The van der Waals surface area contributed by atoms with Crippen molar-refractivity contribution >= 4 is 5.97 Å². The van der Waals surface area contributed by atoms with Crippen LogP contribution < -0.4 is 9.47 Å². The molecular formula is C37H32N2O5. The summed E-state index contributed by atoms with van der Waals surface area (Å²) in [4.78, 5) is 18.7. The Morgan fingerprint density at radius 1 is 0.886 bits per heavy atom. The third kappa shape index (κ3) is 6.83. The number of ether oxygens (including phenoxy) is 2. The molecule has 6 rings (SSSR count). The van der Waals surface area contributed by atoms with Gasteiger partial charge in [0, 0.05) is 18.2 Å². The van der Waals surface area contributed by atoms with Crippen molar-refractivity contribution in [1.29, 1.82) is 0 Å². The van der Waals surface area contributed by atoms with E-state index in [-0.39, 0.29) is 12.6 Å². The van der Waals surface area contributed by atoms with Crippen molar-refractivity contribution in [2.75, 3.05) is 6.61 Å². The molecule has 4 aromatic carbocycles. The lowest BCUT2D eigenvalue weighted by Gasteiger charge is -2.28. The lowest BCUT2D eigenvalue weighted by atomic mass is 10.0. The van der Waals surface area contributed by atoms with Crippen LogP contribution in [0.25, 0.3) is 11.5 Å². The summed E-state index contributed by atoms with van der Waals surface area (Å²) >= 11 is 0. The fraction of sp³-hybridized carbons (Fsp3) is 0.189. The number of rotatable bonds is 9. The van der Waals surface area contributed by atoms with Gasteiger partial charge < -0.3 is 19.0 Å². The van der Waals surface area contributed by atoms with Gasteiger partial charge in [-0.3, -0.25) is 9.69 Å². The van der Waals surface area contributed by atoms with Gasteiger partial charge in [0.25, 0.3) is 0 Å². The smallest absolute Gasteiger partial charge is 0.320 e. The van der Waals surface area contributed by atoms with Gasteiger partial charge in [-0.15, -0.1) is 0 Å². The first-order valence-electron chi connectivity index (χ1n) is 14.6. The van der Waals surface area contributed by atoms with Crippen molar-refractivity contribution in [3.8, 4) is 40.5 Å². The Morgan fingerprint density at radius 2 is 1.55 bits per heavy atom. The normalized spacial score (nSPS) is 16.2. The van der Waals surface area contributed by atoms with E-state index in [1.807, 2.05) is 116 Å². The van der Waals surface area contributed by atoms with Crippen LogP contribution in [0.2, 0.25) is 0 Å². The maximum Gasteiger partial charge on any atom is 0.320 e. The number of aromatic nitrogens is 1. The molecule has 1 N–H and O–H groups in total. The molecule has 220 valence electrons. The third-order valence-corrected chi connectivity index (χ3v) is 7.67. The highest BCUT2D eigenvalue weighted by molar-refractivity contribution is 5.74. The summed E-state index contributed by atoms with van der Waals surface area (Å²) in [5.41, 5.74) is 3.58. The predicted molar refractivity (Wildman–Crippen MR) is 167 cm³/mol. The molecule has 2 heterocycles.